The Morgan fingerprint density at radius 2 is 1.90 bits per heavy atom. The molecule has 150 valence electrons. The Labute approximate surface area is 167 Å². The number of benzene rings is 1. The predicted molar refractivity (Wildman–Crippen MR) is 99.7 cm³/mol. The van der Waals surface area contributed by atoms with E-state index in [-0.39, 0.29) is 22.8 Å². The van der Waals surface area contributed by atoms with Gasteiger partial charge in [0, 0.05) is 11.9 Å². The van der Waals surface area contributed by atoms with Crippen molar-refractivity contribution in [3.8, 4) is 0 Å². The van der Waals surface area contributed by atoms with Gasteiger partial charge in [-0.05, 0) is 35.9 Å². The van der Waals surface area contributed by atoms with Gasteiger partial charge in [0.1, 0.15) is 11.4 Å². The second-order valence-electron chi connectivity index (χ2n) is 5.94. The van der Waals surface area contributed by atoms with Crippen LogP contribution >= 0.6 is 11.6 Å². The number of furan rings is 1. The lowest BCUT2D eigenvalue weighted by atomic mass is 10.1. The number of carbonyl (C=O) groups is 2. The smallest absolute Gasteiger partial charge is 0.418 e. The van der Waals surface area contributed by atoms with E-state index in [4.69, 9.17) is 16.0 Å². The highest BCUT2D eigenvalue weighted by Gasteiger charge is 2.34. The number of hydrogen-bond acceptors (Lipinski definition) is 4. The van der Waals surface area contributed by atoms with Crippen molar-refractivity contribution in [2.24, 2.45) is 0 Å². The summed E-state index contributed by atoms with van der Waals surface area (Å²) in [7, 11) is 0. The first-order valence-electron chi connectivity index (χ1n) is 8.17. The second kappa shape index (κ2) is 8.36. The quantitative estimate of drug-likeness (QED) is 0.578. The third-order valence-corrected chi connectivity index (χ3v) is 4.02. The van der Waals surface area contributed by atoms with Crippen LogP contribution in [0, 0.1) is 0 Å². The zero-order chi connectivity index (χ0) is 21.0. The van der Waals surface area contributed by atoms with Crippen LogP contribution in [0.25, 0.3) is 0 Å². The van der Waals surface area contributed by atoms with E-state index < -0.39 is 29.2 Å². The number of hydrogen-bond donors (Lipinski definition) is 2. The van der Waals surface area contributed by atoms with Crippen molar-refractivity contribution >= 4 is 34.8 Å². The molecule has 0 atom stereocenters. The lowest BCUT2D eigenvalue weighted by molar-refractivity contribution is -0.136. The van der Waals surface area contributed by atoms with E-state index in [2.05, 4.69) is 15.6 Å². The molecule has 3 aromatic rings. The van der Waals surface area contributed by atoms with Crippen molar-refractivity contribution in [3.05, 3.63) is 77.0 Å². The number of nitrogens with one attached hydrogen (secondary N) is 2. The Morgan fingerprint density at radius 3 is 2.52 bits per heavy atom. The van der Waals surface area contributed by atoms with Gasteiger partial charge in [-0.1, -0.05) is 17.7 Å². The molecule has 10 heteroatoms. The van der Waals surface area contributed by atoms with E-state index in [1.807, 2.05) is 0 Å². The largest absolute Gasteiger partial charge is 0.472 e. The van der Waals surface area contributed by atoms with Gasteiger partial charge in [0.15, 0.2) is 0 Å². The summed E-state index contributed by atoms with van der Waals surface area (Å²) in [6, 6.07) is 7.48. The van der Waals surface area contributed by atoms with Crippen molar-refractivity contribution < 1.29 is 27.2 Å². The lowest BCUT2D eigenvalue weighted by Crippen LogP contribution is -2.19. The van der Waals surface area contributed by atoms with Gasteiger partial charge < -0.3 is 15.1 Å². The summed E-state index contributed by atoms with van der Waals surface area (Å²) in [5, 5.41) is 4.83. The molecule has 2 amide bonds. The van der Waals surface area contributed by atoms with E-state index in [1.54, 1.807) is 6.07 Å². The van der Waals surface area contributed by atoms with Crippen LogP contribution in [0.5, 0.6) is 0 Å². The minimum Gasteiger partial charge on any atom is -0.472 e. The van der Waals surface area contributed by atoms with Gasteiger partial charge in [-0.3, -0.25) is 9.59 Å². The molecule has 6 nitrogen and oxygen atoms in total. The molecule has 0 unspecified atom stereocenters. The number of aromatic nitrogens is 1. The Hall–Kier alpha value is -3.33. The number of amides is 2. The molecule has 2 aromatic heterocycles. The van der Waals surface area contributed by atoms with Gasteiger partial charge in [-0.25, -0.2) is 4.98 Å². The van der Waals surface area contributed by atoms with Crippen LogP contribution in [0.15, 0.2) is 59.5 Å². The molecule has 0 fully saturated rings. The molecule has 0 aliphatic rings. The molecule has 2 N–H and O–H groups in total. The summed E-state index contributed by atoms with van der Waals surface area (Å²) in [5.41, 5.74) is -0.948. The summed E-state index contributed by atoms with van der Waals surface area (Å²) in [4.78, 5) is 27.9. The van der Waals surface area contributed by atoms with Gasteiger partial charge in [0.05, 0.1) is 29.5 Å². The van der Waals surface area contributed by atoms with Gasteiger partial charge in [0.25, 0.3) is 5.91 Å². The first-order chi connectivity index (χ1) is 13.7. The summed E-state index contributed by atoms with van der Waals surface area (Å²) >= 11 is 5.66. The van der Waals surface area contributed by atoms with Crippen LogP contribution in [0.1, 0.15) is 21.5 Å². The molecule has 2 heterocycles. The first kappa shape index (κ1) is 20.4. The van der Waals surface area contributed by atoms with Crippen LogP contribution in [-0.2, 0) is 17.4 Å². The fraction of sp³-hybridized carbons (Fsp3) is 0.105. The number of carbonyl (C=O) groups excluding carboxylic acids is 2. The Balaban J connectivity index is 1.78. The highest BCUT2D eigenvalue weighted by Crippen LogP contribution is 2.36. The van der Waals surface area contributed by atoms with Gasteiger partial charge in [-0.15, -0.1) is 0 Å². The highest BCUT2D eigenvalue weighted by atomic mass is 35.5. The zero-order valence-electron chi connectivity index (χ0n) is 14.6. The van der Waals surface area contributed by atoms with Crippen molar-refractivity contribution in [3.63, 3.8) is 0 Å². The first-order valence-corrected chi connectivity index (χ1v) is 8.55. The molecule has 0 aliphatic heterocycles. The number of anilines is 2. The predicted octanol–water partition coefficient (Wildman–Crippen LogP) is 4.78. The molecule has 1 aromatic carbocycles. The summed E-state index contributed by atoms with van der Waals surface area (Å²) in [5.74, 6) is -1.28. The van der Waals surface area contributed by atoms with E-state index in [1.165, 1.54) is 36.9 Å². The molecular formula is C19H13ClF3N3O3. The Morgan fingerprint density at radius 1 is 1.10 bits per heavy atom. The normalized spacial score (nSPS) is 11.2. The van der Waals surface area contributed by atoms with Gasteiger partial charge in [-0.2, -0.15) is 13.2 Å². The van der Waals surface area contributed by atoms with Crippen LogP contribution in [0.4, 0.5) is 24.5 Å². The highest BCUT2D eigenvalue weighted by molar-refractivity contribution is 6.29. The minimum absolute atomic E-state index is 0.0802. The third kappa shape index (κ3) is 5.35. The molecular weight excluding hydrogens is 411 g/mol. The Kier molecular flexibility index (Phi) is 5.88. The fourth-order valence-corrected chi connectivity index (χ4v) is 2.57. The van der Waals surface area contributed by atoms with Crippen LogP contribution in [-0.4, -0.2) is 16.8 Å². The maximum absolute atomic E-state index is 13.5. The number of nitrogens with zero attached hydrogens (tertiary/aromatic N) is 1. The molecule has 0 saturated carbocycles. The maximum atomic E-state index is 13.5. The monoisotopic (exact) mass is 423 g/mol. The van der Waals surface area contributed by atoms with E-state index in [0.29, 0.717) is 5.56 Å². The average Bonchev–Trinajstić information content (AvgIpc) is 3.19. The fourth-order valence-electron chi connectivity index (χ4n) is 2.45. The van der Waals surface area contributed by atoms with E-state index in [0.717, 1.165) is 12.1 Å². The molecule has 0 saturated heterocycles. The number of alkyl halides is 3. The zero-order valence-corrected chi connectivity index (χ0v) is 15.3. The molecule has 0 radical (unpaired) electrons. The van der Waals surface area contributed by atoms with E-state index >= 15 is 0 Å². The summed E-state index contributed by atoms with van der Waals surface area (Å²) in [6.45, 7) is 0. The van der Waals surface area contributed by atoms with Gasteiger partial charge >= 0.3 is 6.18 Å². The molecule has 29 heavy (non-hydrogen) atoms. The standard InChI is InChI=1S/C19H13ClF3N3O3/c20-16-4-1-11(9-24-16)7-17(27)26-15-3-2-13(8-14(15)19(21,22)23)25-18(28)12-5-6-29-10-12/h1-6,8-10H,7H2,(H,25,28)(H,26,27). The minimum atomic E-state index is -4.75. The van der Waals surface area contributed by atoms with E-state index in [9.17, 15) is 22.8 Å². The summed E-state index contributed by atoms with van der Waals surface area (Å²) in [6.07, 6.45) is -1.13. The second-order valence-corrected chi connectivity index (χ2v) is 6.33. The number of halogens is 4. The average molecular weight is 424 g/mol. The maximum Gasteiger partial charge on any atom is 0.418 e. The lowest BCUT2D eigenvalue weighted by Gasteiger charge is -2.16. The SMILES string of the molecule is O=C(Cc1ccc(Cl)nc1)Nc1ccc(NC(=O)c2ccoc2)cc1C(F)(F)F. The van der Waals surface area contributed by atoms with Gasteiger partial charge in [0.2, 0.25) is 5.91 Å². The van der Waals surface area contributed by atoms with Crippen molar-refractivity contribution in [1.29, 1.82) is 0 Å². The van der Waals surface area contributed by atoms with Crippen LogP contribution < -0.4 is 10.6 Å². The van der Waals surface area contributed by atoms with Crippen molar-refractivity contribution in [2.75, 3.05) is 10.6 Å². The third-order valence-electron chi connectivity index (χ3n) is 3.79. The number of pyridine rings is 1. The van der Waals surface area contributed by atoms with Crippen LogP contribution in [0.2, 0.25) is 5.15 Å². The van der Waals surface area contributed by atoms with Crippen LogP contribution in [0.3, 0.4) is 0 Å². The molecule has 3 rings (SSSR count). The summed E-state index contributed by atoms with van der Waals surface area (Å²) < 4.78 is 45.1. The molecule has 0 bridgehead atoms. The van der Waals surface area contributed by atoms with Crippen molar-refractivity contribution in [2.45, 2.75) is 12.6 Å². The topological polar surface area (TPSA) is 84.2 Å². The number of rotatable bonds is 5. The molecule has 0 spiro atoms. The molecule has 0 aliphatic carbocycles. The Bertz CT molecular complexity index is 1020. The van der Waals surface area contributed by atoms with Crippen molar-refractivity contribution in [1.82, 2.24) is 4.98 Å².